The van der Waals surface area contributed by atoms with E-state index in [-0.39, 0.29) is 0 Å². The van der Waals surface area contributed by atoms with Crippen LogP contribution in [0.2, 0.25) is 0 Å². The Labute approximate surface area is 115 Å². The van der Waals surface area contributed by atoms with Crippen LogP contribution in [0, 0.1) is 11.3 Å². The lowest BCUT2D eigenvalue weighted by atomic mass is 9.61. The molecule has 2 aromatic carbocycles. The highest BCUT2D eigenvalue weighted by Crippen LogP contribution is 2.47. The van der Waals surface area contributed by atoms with Crippen molar-refractivity contribution in [2.75, 3.05) is 6.54 Å². The van der Waals surface area contributed by atoms with E-state index in [9.17, 15) is 0 Å². The molecule has 0 heterocycles. The molecule has 1 aliphatic carbocycles. The van der Waals surface area contributed by atoms with E-state index < -0.39 is 0 Å². The van der Waals surface area contributed by atoms with Gasteiger partial charge in [-0.05, 0) is 53.5 Å². The van der Waals surface area contributed by atoms with Crippen molar-refractivity contribution in [2.24, 2.45) is 17.1 Å². The quantitative estimate of drug-likeness (QED) is 0.870. The maximum Gasteiger partial charge on any atom is -0.00405 e. The molecule has 1 atom stereocenters. The van der Waals surface area contributed by atoms with E-state index in [0.717, 1.165) is 13.0 Å². The normalized spacial score (nSPS) is 19.1. The number of fused-ring (bicyclic) bond motifs is 1. The monoisotopic (exact) mass is 253 g/mol. The lowest BCUT2D eigenvalue weighted by Crippen LogP contribution is -2.39. The van der Waals surface area contributed by atoms with Gasteiger partial charge in [0.05, 0.1) is 0 Å². The van der Waals surface area contributed by atoms with E-state index in [4.69, 9.17) is 5.73 Å². The van der Waals surface area contributed by atoms with Gasteiger partial charge in [-0.3, -0.25) is 0 Å². The molecule has 0 saturated heterocycles. The minimum atomic E-state index is 0.478. The molecule has 19 heavy (non-hydrogen) atoms. The largest absolute Gasteiger partial charge is 0.330 e. The van der Waals surface area contributed by atoms with E-state index in [1.807, 2.05) is 0 Å². The molecule has 3 rings (SSSR count). The van der Waals surface area contributed by atoms with Gasteiger partial charge < -0.3 is 5.73 Å². The van der Waals surface area contributed by atoms with Crippen molar-refractivity contribution < 1.29 is 0 Å². The third kappa shape index (κ3) is 2.28. The van der Waals surface area contributed by atoms with Gasteiger partial charge in [0.2, 0.25) is 0 Å². The third-order valence-electron chi connectivity index (χ3n) is 5.11. The molecule has 100 valence electrons. The highest BCUT2D eigenvalue weighted by Gasteiger charge is 2.38. The van der Waals surface area contributed by atoms with Gasteiger partial charge >= 0.3 is 0 Å². The minimum absolute atomic E-state index is 0.478. The van der Waals surface area contributed by atoms with Crippen LogP contribution in [0.4, 0.5) is 0 Å². The van der Waals surface area contributed by atoms with Crippen LogP contribution in [0.3, 0.4) is 0 Å². The molecule has 0 bridgehead atoms. The highest BCUT2D eigenvalue weighted by molar-refractivity contribution is 5.85. The lowest BCUT2D eigenvalue weighted by Gasteiger charge is -2.45. The zero-order valence-electron chi connectivity index (χ0n) is 11.7. The molecule has 0 spiro atoms. The summed E-state index contributed by atoms with van der Waals surface area (Å²) in [6.45, 7) is 3.22. The molecule has 1 heteroatoms. The lowest BCUT2D eigenvalue weighted by molar-refractivity contribution is 0.0762. The molecule has 1 nitrogen and oxygen atoms in total. The maximum atomic E-state index is 6.06. The van der Waals surface area contributed by atoms with E-state index in [1.54, 1.807) is 0 Å². The summed E-state index contributed by atoms with van der Waals surface area (Å²) in [6.07, 6.45) is 5.19. The van der Waals surface area contributed by atoms with Crippen LogP contribution in [-0.2, 0) is 6.42 Å². The van der Waals surface area contributed by atoms with Crippen molar-refractivity contribution in [3.63, 3.8) is 0 Å². The van der Waals surface area contributed by atoms with E-state index in [0.29, 0.717) is 11.3 Å². The Balaban J connectivity index is 1.92. The molecule has 2 aromatic rings. The Bertz CT molecular complexity index is 563. The fraction of sp³-hybridized carbons (Fsp3) is 0.444. The summed E-state index contributed by atoms with van der Waals surface area (Å²) in [7, 11) is 0. The molecule has 0 aliphatic heterocycles. The molecule has 1 aliphatic rings. The van der Waals surface area contributed by atoms with Crippen LogP contribution in [0.25, 0.3) is 10.8 Å². The van der Waals surface area contributed by atoms with Gasteiger partial charge in [-0.1, -0.05) is 55.8 Å². The summed E-state index contributed by atoms with van der Waals surface area (Å²) in [5, 5.41) is 2.74. The van der Waals surface area contributed by atoms with Crippen molar-refractivity contribution in [1.29, 1.82) is 0 Å². The first-order valence-corrected chi connectivity index (χ1v) is 7.40. The summed E-state index contributed by atoms with van der Waals surface area (Å²) in [5.41, 5.74) is 8.00. The van der Waals surface area contributed by atoms with Crippen molar-refractivity contribution in [3.05, 3.63) is 48.0 Å². The summed E-state index contributed by atoms with van der Waals surface area (Å²) in [5.74, 6) is 0.618. The van der Waals surface area contributed by atoms with Gasteiger partial charge in [0, 0.05) is 0 Å². The molecule has 0 aromatic heterocycles. The van der Waals surface area contributed by atoms with E-state index in [1.165, 1.54) is 35.6 Å². The Morgan fingerprint density at radius 1 is 1.11 bits per heavy atom. The average Bonchev–Trinajstić information content (AvgIpc) is 2.42. The van der Waals surface area contributed by atoms with Crippen molar-refractivity contribution in [1.82, 2.24) is 0 Å². The first kappa shape index (κ1) is 12.7. The number of benzene rings is 2. The van der Waals surface area contributed by atoms with Crippen LogP contribution >= 0.6 is 0 Å². The number of rotatable bonds is 4. The smallest absolute Gasteiger partial charge is 0.00405 e. The first-order chi connectivity index (χ1) is 9.23. The fourth-order valence-corrected chi connectivity index (χ4v) is 3.49. The predicted molar refractivity (Wildman–Crippen MR) is 82.2 cm³/mol. The van der Waals surface area contributed by atoms with Gasteiger partial charge in [-0.15, -0.1) is 0 Å². The molecule has 0 radical (unpaired) electrons. The summed E-state index contributed by atoms with van der Waals surface area (Å²) < 4.78 is 0. The van der Waals surface area contributed by atoms with Crippen molar-refractivity contribution in [2.45, 2.75) is 32.6 Å². The molecule has 0 amide bonds. The molecule has 1 saturated carbocycles. The molecule has 1 fully saturated rings. The maximum absolute atomic E-state index is 6.06. The van der Waals surface area contributed by atoms with Gasteiger partial charge in [0.1, 0.15) is 0 Å². The number of nitrogens with two attached hydrogens (primary N) is 1. The first-order valence-electron chi connectivity index (χ1n) is 7.40. The van der Waals surface area contributed by atoms with Crippen molar-refractivity contribution >= 4 is 10.8 Å². The Morgan fingerprint density at radius 3 is 2.53 bits per heavy atom. The van der Waals surface area contributed by atoms with Gasteiger partial charge in [-0.2, -0.15) is 0 Å². The second-order valence-corrected chi connectivity index (χ2v) is 6.28. The Hall–Kier alpha value is -1.34. The second-order valence-electron chi connectivity index (χ2n) is 6.28. The SMILES string of the molecule is CC1(C(CN)Cc2cccc3ccccc23)CCC1. The van der Waals surface area contributed by atoms with Gasteiger partial charge in [-0.25, -0.2) is 0 Å². The average molecular weight is 253 g/mol. The summed E-state index contributed by atoms with van der Waals surface area (Å²) >= 11 is 0. The van der Waals surface area contributed by atoms with Crippen molar-refractivity contribution in [3.8, 4) is 0 Å². The van der Waals surface area contributed by atoms with Crippen LogP contribution in [-0.4, -0.2) is 6.54 Å². The Morgan fingerprint density at radius 2 is 1.84 bits per heavy atom. The Kier molecular flexibility index (Phi) is 3.32. The molecule has 2 N–H and O–H groups in total. The van der Waals surface area contributed by atoms with Crippen LogP contribution in [0.1, 0.15) is 31.7 Å². The molecular formula is C18H23N. The highest BCUT2D eigenvalue weighted by atomic mass is 14.6. The topological polar surface area (TPSA) is 26.0 Å². The zero-order chi connectivity index (χ0) is 13.3. The fourth-order valence-electron chi connectivity index (χ4n) is 3.49. The number of hydrogen-bond acceptors (Lipinski definition) is 1. The van der Waals surface area contributed by atoms with Crippen LogP contribution in [0.15, 0.2) is 42.5 Å². The second kappa shape index (κ2) is 4.97. The molecular weight excluding hydrogens is 230 g/mol. The summed E-state index contributed by atoms with van der Waals surface area (Å²) in [4.78, 5) is 0. The zero-order valence-corrected chi connectivity index (χ0v) is 11.7. The minimum Gasteiger partial charge on any atom is -0.330 e. The van der Waals surface area contributed by atoms with E-state index >= 15 is 0 Å². The standard InChI is InChI=1S/C18H23N/c1-18(10-5-11-18)16(13-19)12-15-8-4-7-14-6-2-3-9-17(14)15/h2-4,6-9,16H,5,10-13,19H2,1H3. The van der Waals surface area contributed by atoms with Crippen LogP contribution in [0.5, 0.6) is 0 Å². The number of hydrogen-bond donors (Lipinski definition) is 1. The predicted octanol–water partition coefficient (Wildman–Crippen LogP) is 4.15. The summed E-state index contributed by atoms with van der Waals surface area (Å²) in [6, 6.07) is 15.3. The van der Waals surface area contributed by atoms with Crippen LogP contribution < -0.4 is 5.73 Å². The van der Waals surface area contributed by atoms with Gasteiger partial charge in [0.25, 0.3) is 0 Å². The third-order valence-corrected chi connectivity index (χ3v) is 5.11. The van der Waals surface area contributed by atoms with Gasteiger partial charge in [0.15, 0.2) is 0 Å². The molecule has 1 unspecified atom stereocenters. The van der Waals surface area contributed by atoms with E-state index in [2.05, 4.69) is 49.4 Å².